The third-order valence-electron chi connectivity index (χ3n) is 8.51. The third-order valence-corrected chi connectivity index (χ3v) is 8.51. The van der Waals surface area contributed by atoms with Crippen LogP contribution in [0, 0.1) is 0 Å². The van der Waals surface area contributed by atoms with Crippen LogP contribution in [0.1, 0.15) is 46.3 Å². The summed E-state index contributed by atoms with van der Waals surface area (Å²) in [5.74, 6) is 1.32. The number of hydrogen-bond acceptors (Lipinski definition) is 4. The number of anilines is 2. The fourth-order valence-electron chi connectivity index (χ4n) is 6.23. The third kappa shape index (κ3) is 6.15. The molecular formula is C36H39N3O2. The second-order valence-corrected chi connectivity index (χ2v) is 11.0. The maximum absolute atomic E-state index is 13.6. The monoisotopic (exact) mass is 545 g/mol. The van der Waals surface area contributed by atoms with Gasteiger partial charge in [-0.05, 0) is 79.4 Å². The van der Waals surface area contributed by atoms with Crippen LogP contribution in [0.3, 0.4) is 0 Å². The Balaban J connectivity index is 1.09. The van der Waals surface area contributed by atoms with Crippen molar-refractivity contribution in [1.29, 1.82) is 0 Å². The van der Waals surface area contributed by atoms with Gasteiger partial charge in [0.1, 0.15) is 5.75 Å². The number of hydrogen-bond donors (Lipinski definition) is 0. The smallest absolute Gasteiger partial charge is 0.258 e. The molecule has 5 nitrogen and oxygen atoms in total. The van der Waals surface area contributed by atoms with E-state index in [1.165, 1.54) is 11.1 Å². The van der Waals surface area contributed by atoms with E-state index in [0.717, 1.165) is 73.8 Å². The minimum Gasteiger partial charge on any atom is -0.494 e. The van der Waals surface area contributed by atoms with Gasteiger partial charge in [-0.2, -0.15) is 0 Å². The molecule has 0 unspecified atom stereocenters. The first kappa shape index (κ1) is 27.1. The summed E-state index contributed by atoms with van der Waals surface area (Å²) in [5.41, 5.74) is 6.82. The van der Waals surface area contributed by atoms with Crippen molar-refractivity contribution in [2.75, 3.05) is 55.7 Å². The zero-order chi connectivity index (χ0) is 28.0. The fourth-order valence-corrected chi connectivity index (χ4v) is 6.23. The summed E-state index contributed by atoms with van der Waals surface area (Å²) in [5, 5.41) is 0. The Morgan fingerprint density at radius 1 is 0.732 bits per heavy atom. The fraction of sp³-hybridized carbons (Fsp3) is 0.306. The Hall–Kier alpha value is -4.09. The van der Waals surface area contributed by atoms with Crippen LogP contribution in [0.25, 0.3) is 0 Å². The number of ether oxygens (including phenoxy) is 1. The molecule has 210 valence electrons. The second-order valence-electron chi connectivity index (χ2n) is 11.0. The minimum absolute atomic E-state index is 0.0868. The lowest BCUT2D eigenvalue weighted by atomic mass is 9.88. The van der Waals surface area contributed by atoms with Crippen molar-refractivity contribution in [2.24, 2.45) is 0 Å². The molecule has 0 spiro atoms. The van der Waals surface area contributed by atoms with E-state index in [1.54, 1.807) is 0 Å². The molecule has 0 aromatic heterocycles. The van der Waals surface area contributed by atoms with Gasteiger partial charge in [-0.1, -0.05) is 66.7 Å². The highest BCUT2D eigenvalue weighted by atomic mass is 16.5. The van der Waals surface area contributed by atoms with Gasteiger partial charge in [0.25, 0.3) is 5.91 Å². The molecule has 4 aromatic carbocycles. The van der Waals surface area contributed by atoms with E-state index in [-0.39, 0.29) is 5.91 Å². The van der Waals surface area contributed by atoms with Crippen LogP contribution >= 0.6 is 0 Å². The van der Waals surface area contributed by atoms with E-state index in [1.807, 2.05) is 36.1 Å². The quantitative estimate of drug-likeness (QED) is 0.236. The van der Waals surface area contributed by atoms with Crippen LogP contribution in [-0.4, -0.2) is 56.7 Å². The molecule has 0 saturated carbocycles. The number of benzene rings is 4. The van der Waals surface area contributed by atoms with Gasteiger partial charge in [-0.3, -0.25) is 9.69 Å². The maximum Gasteiger partial charge on any atom is 0.258 e. The van der Waals surface area contributed by atoms with Gasteiger partial charge in [0.15, 0.2) is 0 Å². The summed E-state index contributed by atoms with van der Waals surface area (Å²) in [4.78, 5) is 20.5. The lowest BCUT2D eigenvalue weighted by molar-refractivity contribution is 0.0980. The molecule has 41 heavy (non-hydrogen) atoms. The number of piperazine rings is 1. The van der Waals surface area contributed by atoms with Crippen molar-refractivity contribution in [1.82, 2.24) is 4.90 Å². The van der Waals surface area contributed by atoms with E-state index in [4.69, 9.17) is 4.74 Å². The van der Waals surface area contributed by atoms with E-state index in [9.17, 15) is 4.79 Å². The van der Waals surface area contributed by atoms with Gasteiger partial charge in [-0.15, -0.1) is 0 Å². The van der Waals surface area contributed by atoms with E-state index < -0.39 is 0 Å². The molecule has 2 aliphatic heterocycles. The number of fused-ring (bicyclic) bond motifs is 1. The lowest BCUT2D eigenvalue weighted by Gasteiger charge is -2.37. The highest BCUT2D eigenvalue weighted by molar-refractivity contribution is 6.08. The van der Waals surface area contributed by atoms with Gasteiger partial charge in [-0.25, -0.2) is 0 Å². The summed E-state index contributed by atoms with van der Waals surface area (Å²) in [6.45, 7) is 8.37. The van der Waals surface area contributed by atoms with Gasteiger partial charge >= 0.3 is 0 Å². The zero-order valence-electron chi connectivity index (χ0n) is 23.9. The predicted octanol–water partition coefficient (Wildman–Crippen LogP) is 6.63. The summed E-state index contributed by atoms with van der Waals surface area (Å²) >= 11 is 0. The van der Waals surface area contributed by atoms with Crippen molar-refractivity contribution in [3.8, 4) is 5.75 Å². The van der Waals surface area contributed by atoms with Crippen molar-refractivity contribution < 1.29 is 9.53 Å². The van der Waals surface area contributed by atoms with Crippen molar-refractivity contribution >= 4 is 17.3 Å². The first-order chi connectivity index (χ1) is 20.2. The number of amides is 1. The molecule has 0 atom stereocenters. The maximum atomic E-state index is 13.6. The molecule has 0 radical (unpaired) electrons. The normalized spacial score (nSPS) is 15.7. The molecule has 0 N–H and O–H groups in total. The molecule has 2 aliphatic rings. The molecule has 1 saturated heterocycles. The highest BCUT2D eigenvalue weighted by Gasteiger charge is 2.27. The lowest BCUT2D eigenvalue weighted by Crippen LogP contribution is -2.47. The first-order valence-electron chi connectivity index (χ1n) is 14.9. The average Bonchev–Trinajstić information content (AvgIpc) is 3.03. The Labute approximate surface area is 244 Å². The van der Waals surface area contributed by atoms with Crippen molar-refractivity contribution in [3.63, 3.8) is 0 Å². The van der Waals surface area contributed by atoms with Crippen LogP contribution in [0.2, 0.25) is 0 Å². The number of nitrogens with zero attached hydrogens (tertiary/aromatic N) is 3. The molecular weight excluding hydrogens is 506 g/mol. The summed E-state index contributed by atoms with van der Waals surface area (Å²) in [6.07, 6.45) is 1.97. The Bertz CT molecular complexity index is 1390. The van der Waals surface area contributed by atoms with Crippen LogP contribution < -0.4 is 14.5 Å². The molecule has 0 aliphatic carbocycles. The van der Waals surface area contributed by atoms with Gasteiger partial charge in [0, 0.05) is 55.6 Å². The highest BCUT2D eigenvalue weighted by Crippen LogP contribution is 2.31. The number of carbonyl (C=O) groups is 1. The molecule has 1 amide bonds. The summed E-state index contributed by atoms with van der Waals surface area (Å²) in [6, 6.07) is 36.1. The number of rotatable bonds is 9. The van der Waals surface area contributed by atoms with E-state index >= 15 is 0 Å². The minimum atomic E-state index is 0.0868. The molecule has 6 rings (SSSR count). The topological polar surface area (TPSA) is 36.0 Å². The molecule has 4 aromatic rings. The first-order valence-corrected chi connectivity index (χ1v) is 14.9. The molecule has 1 fully saturated rings. The molecule has 2 heterocycles. The zero-order valence-corrected chi connectivity index (χ0v) is 23.9. The Morgan fingerprint density at radius 2 is 1.37 bits per heavy atom. The second kappa shape index (κ2) is 12.6. The number of carbonyl (C=O) groups excluding carboxylic acids is 1. The van der Waals surface area contributed by atoms with Crippen LogP contribution in [0.4, 0.5) is 11.4 Å². The standard InChI is InChI=1S/C36H39N3O2/c1-2-41-33-17-15-31(16-18-33)39-22-19-30-13-14-32(27-35(30)36(39)40)38-25-23-37(24-26-38)21-20-34(28-9-5-3-6-10-28)29-11-7-4-8-12-29/h3-18,27,34H,2,19-26H2,1H3. The van der Waals surface area contributed by atoms with Crippen LogP contribution in [0.5, 0.6) is 5.75 Å². The van der Waals surface area contributed by atoms with Crippen molar-refractivity contribution in [3.05, 3.63) is 125 Å². The van der Waals surface area contributed by atoms with Crippen LogP contribution in [0.15, 0.2) is 103 Å². The van der Waals surface area contributed by atoms with Gasteiger partial charge in [0.05, 0.1) is 6.61 Å². The van der Waals surface area contributed by atoms with Gasteiger partial charge in [0.2, 0.25) is 0 Å². The SMILES string of the molecule is CCOc1ccc(N2CCc3ccc(N4CCN(CCC(c5ccccc5)c5ccccc5)CC4)cc3C2=O)cc1. The summed E-state index contributed by atoms with van der Waals surface area (Å²) < 4.78 is 5.58. The van der Waals surface area contributed by atoms with Gasteiger partial charge < -0.3 is 14.5 Å². The summed E-state index contributed by atoms with van der Waals surface area (Å²) in [7, 11) is 0. The Morgan fingerprint density at radius 3 is 2.00 bits per heavy atom. The van der Waals surface area contributed by atoms with E-state index in [2.05, 4.69) is 88.7 Å². The van der Waals surface area contributed by atoms with Crippen LogP contribution in [-0.2, 0) is 6.42 Å². The molecule has 5 heteroatoms. The van der Waals surface area contributed by atoms with E-state index in [0.29, 0.717) is 19.1 Å². The molecule has 0 bridgehead atoms. The average molecular weight is 546 g/mol. The largest absolute Gasteiger partial charge is 0.494 e. The van der Waals surface area contributed by atoms with Crippen molar-refractivity contribution in [2.45, 2.75) is 25.7 Å². The predicted molar refractivity (Wildman–Crippen MR) is 167 cm³/mol. The Kier molecular flexibility index (Phi) is 8.33.